The molecule has 1 saturated heterocycles. The van der Waals surface area contributed by atoms with E-state index < -0.39 is 11.7 Å². The normalized spacial score (nSPS) is 19.4. The van der Waals surface area contributed by atoms with Gasteiger partial charge < -0.3 is 10.6 Å². The average molecular weight is 287 g/mol. The summed E-state index contributed by atoms with van der Waals surface area (Å²) in [4.78, 5) is 17.4. The maximum absolute atomic E-state index is 12.4. The largest absolute Gasteiger partial charge is 0.417 e. The lowest BCUT2D eigenvalue weighted by Gasteiger charge is -2.16. The molecular weight excluding hydrogens is 271 g/mol. The van der Waals surface area contributed by atoms with E-state index in [1.807, 2.05) is 0 Å². The Kier molecular flexibility index (Phi) is 4.27. The van der Waals surface area contributed by atoms with Crippen LogP contribution in [0.2, 0.25) is 0 Å². The number of hydrogen-bond acceptors (Lipinski definition) is 3. The van der Waals surface area contributed by atoms with Crippen molar-refractivity contribution in [3.63, 3.8) is 0 Å². The van der Waals surface area contributed by atoms with Gasteiger partial charge in [-0.1, -0.05) is 0 Å². The van der Waals surface area contributed by atoms with Crippen LogP contribution in [0.4, 0.5) is 13.2 Å². The van der Waals surface area contributed by atoms with E-state index in [1.165, 1.54) is 0 Å². The fourth-order valence-electron chi connectivity index (χ4n) is 2.34. The Balaban J connectivity index is 2.03. The molecule has 0 radical (unpaired) electrons. The fourth-order valence-corrected chi connectivity index (χ4v) is 2.34. The monoisotopic (exact) mass is 287 g/mol. The number of rotatable bonds is 3. The molecule has 0 aliphatic carbocycles. The Hall–Kier alpha value is -1.63. The molecule has 1 fully saturated rings. The maximum atomic E-state index is 12.4. The summed E-state index contributed by atoms with van der Waals surface area (Å²) in [5.41, 5.74) is 4.67. The van der Waals surface area contributed by atoms with Crippen molar-refractivity contribution >= 4 is 5.91 Å². The minimum atomic E-state index is -4.44. The molecule has 0 saturated carbocycles. The summed E-state index contributed by atoms with van der Waals surface area (Å²) in [5.74, 6) is 0.0524. The first kappa shape index (κ1) is 14.8. The molecule has 0 aromatic carbocycles. The van der Waals surface area contributed by atoms with E-state index in [9.17, 15) is 18.0 Å². The smallest absolute Gasteiger partial charge is 0.337 e. The quantitative estimate of drug-likeness (QED) is 0.924. The van der Waals surface area contributed by atoms with E-state index in [2.05, 4.69) is 4.98 Å². The standard InChI is InChI=1S/C13H16F3N3O/c14-13(15,16)10-1-2-11(18-7-10)12(20)19-6-4-9(8-19)3-5-17/h1-2,7,9H,3-6,8,17H2. The summed E-state index contributed by atoms with van der Waals surface area (Å²) in [6.07, 6.45) is -2.01. The van der Waals surface area contributed by atoms with Gasteiger partial charge in [-0.25, -0.2) is 0 Å². The third kappa shape index (κ3) is 3.27. The molecule has 1 unspecified atom stereocenters. The second-order valence-electron chi connectivity index (χ2n) is 4.91. The molecule has 1 amide bonds. The highest BCUT2D eigenvalue weighted by atomic mass is 19.4. The highest BCUT2D eigenvalue weighted by molar-refractivity contribution is 5.92. The molecule has 110 valence electrons. The van der Waals surface area contributed by atoms with Crippen LogP contribution in [0.5, 0.6) is 0 Å². The van der Waals surface area contributed by atoms with Gasteiger partial charge in [0.05, 0.1) is 5.56 Å². The zero-order chi connectivity index (χ0) is 14.8. The van der Waals surface area contributed by atoms with Crippen LogP contribution in [0.25, 0.3) is 0 Å². The van der Waals surface area contributed by atoms with Crippen molar-refractivity contribution < 1.29 is 18.0 Å². The molecule has 1 aliphatic rings. The van der Waals surface area contributed by atoms with Gasteiger partial charge in [-0.15, -0.1) is 0 Å². The molecule has 2 N–H and O–H groups in total. The van der Waals surface area contributed by atoms with Crippen molar-refractivity contribution in [2.75, 3.05) is 19.6 Å². The lowest BCUT2D eigenvalue weighted by atomic mass is 10.1. The van der Waals surface area contributed by atoms with Gasteiger partial charge in [0, 0.05) is 19.3 Å². The number of alkyl halides is 3. The van der Waals surface area contributed by atoms with Gasteiger partial charge in [0.2, 0.25) is 0 Å². The van der Waals surface area contributed by atoms with E-state index in [1.54, 1.807) is 4.90 Å². The van der Waals surface area contributed by atoms with Crippen LogP contribution in [0.3, 0.4) is 0 Å². The Morgan fingerprint density at radius 1 is 1.45 bits per heavy atom. The minimum Gasteiger partial charge on any atom is -0.337 e. The van der Waals surface area contributed by atoms with E-state index in [-0.39, 0.29) is 11.6 Å². The SMILES string of the molecule is NCCC1CCN(C(=O)c2ccc(C(F)(F)F)cn2)C1. The van der Waals surface area contributed by atoms with Gasteiger partial charge in [-0.05, 0) is 37.4 Å². The molecule has 20 heavy (non-hydrogen) atoms. The summed E-state index contributed by atoms with van der Waals surface area (Å²) in [7, 11) is 0. The molecule has 2 rings (SSSR count). The summed E-state index contributed by atoms with van der Waals surface area (Å²) in [6, 6.07) is 2.01. The average Bonchev–Trinajstić information content (AvgIpc) is 2.86. The summed E-state index contributed by atoms with van der Waals surface area (Å²) >= 11 is 0. The molecule has 1 aliphatic heterocycles. The van der Waals surface area contributed by atoms with E-state index in [4.69, 9.17) is 5.73 Å². The lowest BCUT2D eigenvalue weighted by molar-refractivity contribution is -0.137. The van der Waals surface area contributed by atoms with E-state index in [0.29, 0.717) is 31.7 Å². The maximum Gasteiger partial charge on any atom is 0.417 e. The Bertz CT molecular complexity index is 473. The van der Waals surface area contributed by atoms with Crippen LogP contribution in [-0.4, -0.2) is 35.4 Å². The lowest BCUT2D eigenvalue weighted by Crippen LogP contribution is -2.29. The molecule has 1 aromatic heterocycles. The molecular formula is C13H16F3N3O. The number of nitrogens with zero attached hydrogens (tertiary/aromatic N) is 2. The first-order valence-electron chi connectivity index (χ1n) is 6.44. The second kappa shape index (κ2) is 5.78. The van der Waals surface area contributed by atoms with Crippen molar-refractivity contribution in [3.05, 3.63) is 29.6 Å². The fraction of sp³-hybridized carbons (Fsp3) is 0.538. The number of carbonyl (C=O) groups is 1. The predicted molar refractivity (Wildman–Crippen MR) is 66.9 cm³/mol. The molecule has 4 nitrogen and oxygen atoms in total. The predicted octanol–water partition coefficient (Wildman–Crippen LogP) is 1.91. The summed E-state index contributed by atoms with van der Waals surface area (Å²) in [5, 5.41) is 0. The van der Waals surface area contributed by atoms with Crippen molar-refractivity contribution in [3.8, 4) is 0 Å². The zero-order valence-electron chi connectivity index (χ0n) is 10.9. The van der Waals surface area contributed by atoms with Crippen molar-refractivity contribution in [1.82, 2.24) is 9.88 Å². The van der Waals surface area contributed by atoms with Crippen LogP contribution in [0.15, 0.2) is 18.3 Å². The Morgan fingerprint density at radius 3 is 2.75 bits per heavy atom. The van der Waals surface area contributed by atoms with Gasteiger partial charge in [0.25, 0.3) is 5.91 Å². The van der Waals surface area contributed by atoms with Crippen molar-refractivity contribution in [2.24, 2.45) is 11.7 Å². The van der Waals surface area contributed by atoms with Crippen LogP contribution in [0.1, 0.15) is 28.9 Å². The highest BCUT2D eigenvalue weighted by Crippen LogP contribution is 2.28. The number of aromatic nitrogens is 1. The van der Waals surface area contributed by atoms with Crippen molar-refractivity contribution in [2.45, 2.75) is 19.0 Å². The van der Waals surface area contributed by atoms with Crippen molar-refractivity contribution in [1.29, 1.82) is 0 Å². The first-order chi connectivity index (χ1) is 9.41. The summed E-state index contributed by atoms with van der Waals surface area (Å²) in [6.45, 7) is 1.77. The minimum absolute atomic E-state index is 0.0476. The molecule has 7 heteroatoms. The third-order valence-electron chi connectivity index (χ3n) is 3.46. The number of hydrogen-bond donors (Lipinski definition) is 1. The molecule has 0 bridgehead atoms. The number of halogens is 3. The third-order valence-corrected chi connectivity index (χ3v) is 3.46. The van der Waals surface area contributed by atoms with E-state index in [0.717, 1.165) is 25.0 Å². The number of pyridine rings is 1. The van der Waals surface area contributed by atoms with Gasteiger partial charge in [-0.2, -0.15) is 13.2 Å². The van der Waals surface area contributed by atoms with Gasteiger partial charge >= 0.3 is 6.18 Å². The Morgan fingerprint density at radius 2 is 2.20 bits per heavy atom. The van der Waals surface area contributed by atoms with E-state index >= 15 is 0 Å². The van der Waals surface area contributed by atoms with Crippen LogP contribution in [-0.2, 0) is 6.18 Å². The zero-order valence-corrected chi connectivity index (χ0v) is 10.9. The molecule has 1 atom stereocenters. The van der Waals surface area contributed by atoms with Gasteiger partial charge in [-0.3, -0.25) is 9.78 Å². The van der Waals surface area contributed by atoms with Crippen LogP contribution in [0, 0.1) is 5.92 Å². The Labute approximate surface area is 114 Å². The number of amides is 1. The molecule has 0 spiro atoms. The topological polar surface area (TPSA) is 59.2 Å². The van der Waals surface area contributed by atoms with Gasteiger partial charge in [0.1, 0.15) is 5.69 Å². The summed E-state index contributed by atoms with van der Waals surface area (Å²) < 4.78 is 37.2. The number of likely N-dealkylation sites (tertiary alicyclic amines) is 1. The second-order valence-corrected chi connectivity index (χ2v) is 4.91. The number of nitrogens with two attached hydrogens (primary N) is 1. The van der Waals surface area contributed by atoms with Crippen LogP contribution < -0.4 is 5.73 Å². The molecule has 1 aromatic rings. The first-order valence-corrected chi connectivity index (χ1v) is 6.44. The van der Waals surface area contributed by atoms with Gasteiger partial charge in [0.15, 0.2) is 0 Å². The molecule has 2 heterocycles. The van der Waals surface area contributed by atoms with Crippen LogP contribution >= 0.6 is 0 Å². The number of carbonyl (C=O) groups excluding carboxylic acids is 1. The highest BCUT2D eigenvalue weighted by Gasteiger charge is 2.32.